The average Bonchev–Trinajstić information content (AvgIpc) is 2.39. The van der Waals surface area contributed by atoms with E-state index >= 15 is 0 Å². The zero-order valence-corrected chi connectivity index (χ0v) is 11.8. The first-order valence-electron chi connectivity index (χ1n) is 7.54. The zero-order chi connectivity index (χ0) is 13.8. The Morgan fingerprint density at radius 1 is 0.684 bits per heavy atom. The molecule has 0 N–H and O–H groups in total. The van der Waals surface area contributed by atoms with Crippen LogP contribution in [0.3, 0.4) is 0 Å². The van der Waals surface area contributed by atoms with Gasteiger partial charge in [-0.1, -0.05) is 38.5 Å². The molecule has 1 aliphatic rings. The summed E-state index contributed by atoms with van der Waals surface area (Å²) in [6, 6.07) is 0. The first-order valence-corrected chi connectivity index (χ1v) is 7.54. The topological polar surface area (TPSA) is 52.6 Å². The van der Waals surface area contributed by atoms with E-state index in [-0.39, 0.29) is 25.0 Å². The SMILES string of the molecule is O=C1CCCCCCCCCCC(=O)OCCOC1. The number of carbonyl (C=O) groups is 2. The van der Waals surface area contributed by atoms with Gasteiger partial charge in [-0.25, -0.2) is 0 Å². The van der Waals surface area contributed by atoms with Gasteiger partial charge in [0, 0.05) is 12.8 Å². The van der Waals surface area contributed by atoms with Crippen molar-refractivity contribution < 1.29 is 19.1 Å². The first-order chi connectivity index (χ1) is 9.29. The highest BCUT2D eigenvalue weighted by molar-refractivity contribution is 5.79. The molecule has 4 heteroatoms. The third kappa shape index (κ3) is 9.65. The van der Waals surface area contributed by atoms with Crippen molar-refractivity contribution in [1.29, 1.82) is 0 Å². The lowest BCUT2D eigenvalue weighted by molar-refractivity contribution is -0.145. The highest BCUT2D eigenvalue weighted by atomic mass is 16.6. The summed E-state index contributed by atoms with van der Waals surface area (Å²) in [5.74, 6) is -0.00474. The predicted molar refractivity (Wildman–Crippen MR) is 73.0 cm³/mol. The molecule has 0 aromatic rings. The van der Waals surface area contributed by atoms with Gasteiger partial charge in [-0.3, -0.25) is 9.59 Å². The molecule has 0 radical (unpaired) electrons. The van der Waals surface area contributed by atoms with E-state index in [1.807, 2.05) is 0 Å². The second kappa shape index (κ2) is 11.0. The number of rotatable bonds is 0. The van der Waals surface area contributed by atoms with Crippen LogP contribution in [-0.4, -0.2) is 31.6 Å². The lowest BCUT2D eigenvalue weighted by Gasteiger charge is -2.05. The molecule has 0 atom stereocenters. The maximum absolute atomic E-state index is 11.5. The van der Waals surface area contributed by atoms with Gasteiger partial charge in [-0.15, -0.1) is 0 Å². The Morgan fingerprint density at radius 3 is 1.95 bits per heavy atom. The van der Waals surface area contributed by atoms with Crippen molar-refractivity contribution in [3.8, 4) is 0 Å². The van der Waals surface area contributed by atoms with Crippen LogP contribution >= 0.6 is 0 Å². The van der Waals surface area contributed by atoms with Crippen molar-refractivity contribution in [3.63, 3.8) is 0 Å². The van der Waals surface area contributed by atoms with E-state index in [2.05, 4.69) is 0 Å². The van der Waals surface area contributed by atoms with Crippen molar-refractivity contribution in [2.45, 2.75) is 64.2 Å². The molecule has 0 amide bonds. The van der Waals surface area contributed by atoms with E-state index in [1.165, 1.54) is 25.7 Å². The predicted octanol–water partition coefficient (Wildman–Crippen LogP) is 3.03. The second-order valence-corrected chi connectivity index (χ2v) is 5.14. The molecular weight excluding hydrogens is 244 g/mol. The van der Waals surface area contributed by atoms with Crippen molar-refractivity contribution >= 4 is 11.8 Å². The zero-order valence-electron chi connectivity index (χ0n) is 11.8. The number of hydrogen-bond donors (Lipinski definition) is 0. The molecule has 1 rings (SSSR count). The number of ketones is 1. The number of cyclic esters (lactones) is 1. The Kier molecular flexibility index (Phi) is 9.33. The summed E-state index contributed by atoms with van der Waals surface area (Å²) >= 11 is 0. The molecule has 1 saturated heterocycles. The van der Waals surface area contributed by atoms with Crippen LogP contribution in [0.2, 0.25) is 0 Å². The van der Waals surface area contributed by atoms with Gasteiger partial charge < -0.3 is 9.47 Å². The number of ether oxygens (including phenoxy) is 2. The second-order valence-electron chi connectivity index (χ2n) is 5.14. The summed E-state index contributed by atoms with van der Waals surface area (Å²) < 4.78 is 10.2. The summed E-state index contributed by atoms with van der Waals surface area (Å²) in [5, 5.41) is 0. The lowest BCUT2D eigenvalue weighted by Crippen LogP contribution is -2.14. The summed E-state index contributed by atoms with van der Waals surface area (Å²) in [5.41, 5.74) is 0. The van der Waals surface area contributed by atoms with Crippen molar-refractivity contribution in [2.75, 3.05) is 19.8 Å². The molecular formula is C15H26O4. The third-order valence-corrected chi connectivity index (χ3v) is 3.34. The lowest BCUT2D eigenvalue weighted by atomic mass is 10.1. The molecule has 4 nitrogen and oxygen atoms in total. The minimum absolute atomic E-state index is 0.149. The number of hydrogen-bond acceptors (Lipinski definition) is 4. The monoisotopic (exact) mass is 270 g/mol. The van der Waals surface area contributed by atoms with Crippen molar-refractivity contribution in [2.24, 2.45) is 0 Å². The highest BCUT2D eigenvalue weighted by Crippen LogP contribution is 2.11. The van der Waals surface area contributed by atoms with E-state index in [9.17, 15) is 9.59 Å². The summed E-state index contributed by atoms with van der Waals surface area (Å²) in [6.07, 6.45) is 10.1. The van der Waals surface area contributed by atoms with E-state index in [0.717, 1.165) is 25.7 Å². The molecule has 1 heterocycles. The Labute approximate surface area is 115 Å². The van der Waals surface area contributed by atoms with E-state index in [1.54, 1.807) is 0 Å². The summed E-state index contributed by atoms with van der Waals surface area (Å²) in [4.78, 5) is 22.8. The standard InChI is InChI=1S/C15H26O4/c16-14-9-7-5-3-1-2-4-6-8-10-15(17)19-12-11-18-13-14/h1-13H2. The van der Waals surface area contributed by atoms with Crippen molar-refractivity contribution in [3.05, 3.63) is 0 Å². The molecule has 0 aliphatic carbocycles. The third-order valence-electron chi connectivity index (χ3n) is 3.34. The molecule has 0 saturated carbocycles. The fourth-order valence-electron chi connectivity index (χ4n) is 2.20. The van der Waals surface area contributed by atoms with Crippen LogP contribution in [0, 0.1) is 0 Å². The number of carbonyl (C=O) groups excluding carboxylic acids is 2. The average molecular weight is 270 g/mol. The molecule has 0 bridgehead atoms. The molecule has 110 valence electrons. The van der Waals surface area contributed by atoms with Gasteiger partial charge in [-0.2, -0.15) is 0 Å². The molecule has 0 spiro atoms. The van der Waals surface area contributed by atoms with E-state index < -0.39 is 0 Å². The quantitative estimate of drug-likeness (QED) is 0.635. The van der Waals surface area contributed by atoms with Gasteiger partial charge >= 0.3 is 5.97 Å². The maximum atomic E-state index is 11.5. The summed E-state index contributed by atoms with van der Waals surface area (Å²) in [7, 11) is 0. The molecule has 1 aliphatic heterocycles. The van der Waals surface area contributed by atoms with E-state index in [0.29, 0.717) is 19.4 Å². The van der Waals surface area contributed by atoms with Gasteiger partial charge in [0.05, 0.1) is 6.61 Å². The highest BCUT2D eigenvalue weighted by Gasteiger charge is 2.05. The van der Waals surface area contributed by atoms with Gasteiger partial charge in [0.1, 0.15) is 13.2 Å². The minimum Gasteiger partial charge on any atom is -0.463 e. The van der Waals surface area contributed by atoms with Gasteiger partial charge in [0.15, 0.2) is 5.78 Å². The Morgan fingerprint density at radius 2 is 1.26 bits per heavy atom. The Balaban J connectivity index is 2.21. The van der Waals surface area contributed by atoms with Crippen LogP contribution in [0.1, 0.15) is 64.2 Å². The van der Waals surface area contributed by atoms with Crippen LogP contribution in [0.4, 0.5) is 0 Å². The van der Waals surface area contributed by atoms with Crippen molar-refractivity contribution in [1.82, 2.24) is 0 Å². The number of Topliss-reactive ketones (excluding diaryl/α,β-unsaturated/α-hetero) is 1. The largest absolute Gasteiger partial charge is 0.463 e. The minimum atomic E-state index is -0.153. The molecule has 0 aromatic carbocycles. The number of esters is 1. The van der Waals surface area contributed by atoms with Crippen LogP contribution in [0.5, 0.6) is 0 Å². The van der Waals surface area contributed by atoms with Crippen LogP contribution in [0.25, 0.3) is 0 Å². The summed E-state index contributed by atoms with van der Waals surface area (Å²) in [6.45, 7) is 0.723. The fraction of sp³-hybridized carbons (Fsp3) is 0.867. The fourth-order valence-corrected chi connectivity index (χ4v) is 2.20. The molecule has 19 heavy (non-hydrogen) atoms. The van der Waals surface area contributed by atoms with Gasteiger partial charge in [0.2, 0.25) is 0 Å². The molecule has 0 unspecified atom stereocenters. The van der Waals surface area contributed by atoms with E-state index in [4.69, 9.17) is 9.47 Å². The van der Waals surface area contributed by atoms with Crippen LogP contribution in [0.15, 0.2) is 0 Å². The molecule has 0 aromatic heterocycles. The molecule has 1 fully saturated rings. The van der Waals surface area contributed by atoms with Gasteiger partial charge in [0.25, 0.3) is 0 Å². The Bertz CT molecular complexity index is 237. The first kappa shape index (κ1) is 16.2. The van der Waals surface area contributed by atoms with Crippen LogP contribution < -0.4 is 0 Å². The maximum Gasteiger partial charge on any atom is 0.305 e. The Hall–Kier alpha value is -0.900. The smallest absolute Gasteiger partial charge is 0.305 e. The van der Waals surface area contributed by atoms with Crippen LogP contribution in [-0.2, 0) is 19.1 Å². The normalized spacial score (nSPS) is 22.5. The van der Waals surface area contributed by atoms with Gasteiger partial charge in [-0.05, 0) is 12.8 Å².